The third kappa shape index (κ3) is 3.54. The van der Waals surface area contributed by atoms with Gasteiger partial charge < -0.3 is 14.6 Å². The van der Waals surface area contributed by atoms with E-state index < -0.39 is 17.7 Å². The highest BCUT2D eigenvalue weighted by molar-refractivity contribution is 6.00. The van der Waals surface area contributed by atoms with E-state index in [1.165, 1.54) is 0 Å². The zero-order chi connectivity index (χ0) is 15.6. The number of carbonyl (C=O) groups is 2. The van der Waals surface area contributed by atoms with Crippen LogP contribution in [0, 0.1) is 0 Å². The molecule has 1 unspecified atom stereocenters. The van der Waals surface area contributed by atoms with E-state index in [2.05, 4.69) is 0 Å². The lowest BCUT2D eigenvalue weighted by atomic mass is 9.93. The Hall–Kier alpha value is -2.04. The van der Waals surface area contributed by atoms with Crippen molar-refractivity contribution in [1.82, 2.24) is 0 Å². The van der Waals surface area contributed by atoms with Crippen LogP contribution in [0.1, 0.15) is 50.4 Å². The maximum absolute atomic E-state index is 12.0. The standard InChI is InChI=1S/C16H20O5/c1-4-5-13(15(18)19)20-10-6-7-11-12(17)9-16(2,3)21-14(11)8-10/h6-8,13H,4-5,9H2,1-3H3,(H,18,19). The summed E-state index contributed by atoms with van der Waals surface area (Å²) in [6.45, 7) is 5.59. The van der Waals surface area contributed by atoms with Gasteiger partial charge in [-0.15, -0.1) is 0 Å². The van der Waals surface area contributed by atoms with Gasteiger partial charge in [0.2, 0.25) is 0 Å². The second kappa shape index (κ2) is 5.76. The molecule has 21 heavy (non-hydrogen) atoms. The predicted molar refractivity (Wildman–Crippen MR) is 77.1 cm³/mol. The number of Topliss-reactive ketones (excluding diaryl/α,β-unsaturated/α-hetero) is 1. The minimum Gasteiger partial charge on any atom is -0.486 e. The zero-order valence-corrected chi connectivity index (χ0v) is 12.5. The van der Waals surface area contributed by atoms with Gasteiger partial charge in [0.05, 0.1) is 12.0 Å². The number of hydrogen-bond donors (Lipinski definition) is 1. The minimum absolute atomic E-state index is 0.0242. The smallest absolute Gasteiger partial charge is 0.344 e. The number of hydrogen-bond acceptors (Lipinski definition) is 4. The van der Waals surface area contributed by atoms with Crippen LogP contribution in [0.2, 0.25) is 0 Å². The number of rotatable bonds is 5. The molecule has 0 bridgehead atoms. The number of carbonyl (C=O) groups excluding carboxylic acids is 1. The predicted octanol–water partition coefficient (Wildman–Crippen LogP) is 3.06. The third-order valence-corrected chi connectivity index (χ3v) is 3.33. The van der Waals surface area contributed by atoms with Gasteiger partial charge in [0.25, 0.3) is 0 Å². The lowest BCUT2D eigenvalue weighted by Crippen LogP contribution is -2.36. The fraction of sp³-hybridized carbons (Fsp3) is 0.500. The highest BCUT2D eigenvalue weighted by Gasteiger charge is 2.32. The molecule has 0 aromatic heterocycles. The first kappa shape index (κ1) is 15.4. The molecular formula is C16H20O5. The number of fused-ring (bicyclic) bond motifs is 1. The Morgan fingerprint density at radius 2 is 2.19 bits per heavy atom. The van der Waals surface area contributed by atoms with Crippen LogP contribution in [0.5, 0.6) is 11.5 Å². The highest BCUT2D eigenvalue weighted by Crippen LogP contribution is 2.35. The Kier molecular flexibility index (Phi) is 4.21. The summed E-state index contributed by atoms with van der Waals surface area (Å²) in [6, 6.07) is 4.84. The van der Waals surface area contributed by atoms with E-state index >= 15 is 0 Å². The van der Waals surface area contributed by atoms with Gasteiger partial charge in [-0.2, -0.15) is 0 Å². The lowest BCUT2D eigenvalue weighted by Gasteiger charge is -2.31. The van der Waals surface area contributed by atoms with Gasteiger partial charge in [-0.25, -0.2) is 4.79 Å². The van der Waals surface area contributed by atoms with Crippen molar-refractivity contribution < 1.29 is 24.2 Å². The molecule has 5 heteroatoms. The molecular weight excluding hydrogens is 272 g/mol. The fourth-order valence-electron chi connectivity index (χ4n) is 2.37. The van der Waals surface area contributed by atoms with Gasteiger partial charge in [0, 0.05) is 6.07 Å². The summed E-state index contributed by atoms with van der Waals surface area (Å²) in [7, 11) is 0. The van der Waals surface area contributed by atoms with Gasteiger partial charge in [0.15, 0.2) is 11.9 Å². The molecule has 5 nitrogen and oxygen atoms in total. The first-order chi connectivity index (χ1) is 9.82. The van der Waals surface area contributed by atoms with Gasteiger partial charge in [-0.05, 0) is 32.4 Å². The molecule has 1 heterocycles. The van der Waals surface area contributed by atoms with Crippen molar-refractivity contribution in [2.24, 2.45) is 0 Å². The van der Waals surface area contributed by atoms with Crippen molar-refractivity contribution in [2.45, 2.75) is 51.7 Å². The van der Waals surface area contributed by atoms with Crippen LogP contribution in [0.4, 0.5) is 0 Å². The summed E-state index contributed by atoms with van der Waals surface area (Å²) < 4.78 is 11.3. The Balaban J connectivity index is 2.24. The number of ether oxygens (including phenoxy) is 2. The Morgan fingerprint density at radius 3 is 2.81 bits per heavy atom. The summed E-state index contributed by atoms with van der Waals surface area (Å²) in [5.41, 5.74) is -0.0396. The van der Waals surface area contributed by atoms with Crippen LogP contribution in [0.25, 0.3) is 0 Å². The summed E-state index contributed by atoms with van der Waals surface area (Å²) >= 11 is 0. The Labute approximate surface area is 123 Å². The van der Waals surface area contributed by atoms with E-state index in [9.17, 15) is 9.59 Å². The number of aliphatic carboxylic acids is 1. The van der Waals surface area contributed by atoms with E-state index in [0.29, 0.717) is 36.3 Å². The van der Waals surface area contributed by atoms with Gasteiger partial charge >= 0.3 is 5.97 Å². The van der Waals surface area contributed by atoms with Crippen molar-refractivity contribution >= 4 is 11.8 Å². The van der Waals surface area contributed by atoms with Crippen LogP contribution in [0.3, 0.4) is 0 Å². The van der Waals surface area contributed by atoms with Crippen molar-refractivity contribution in [3.63, 3.8) is 0 Å². The van der Waals surface area contributed by atoms with E-state index in [0.717, 1.165) is 0 Å². The fourth-order valence-corrected chi connectivity index (χ4v) is 2.37. The Bertz CT molecular complexity index is 562. The molecule has 1 aromatic rings. The summed E-state index contributed by atoms with van der Waals surface area (Å²) in [4.78, 5) is 23.2. The highest BCUT2D eigenvalue weighted by atomic mass is 16.5. The van der Waals surface area contributed by atoms with Gasteiger partial charge in [0.1, 0.15) is 17.1 Å². The van der Waals surface area contributed by atoms with Crippen LogP contribution in [-0.4, -0.2) is 28.6 Å². The zero-order valence-electron chi connectivity index (χ0n) is 12.5. The summed E-state index contributed by atoms with van der Waals surface area (Å²) in [6.07, 6.45) is 0.579. The maximum atomic E-state index is 12.0. The average molecular weight is 292 g/mol. The lowest BCUT2D eigenvalue weighted by molar-refractivity contribution is -0.145. The molecule has 1 aromatic carbocycles. The van der Waals surface area contributed by atoms with Crippen LogP contribution in [0.15, 0.2) is 18.2 Å². The number of benzene rings is 1. The van der Waals surface area contributed by atoms with Gasteiger partial charge in [-0.3, -0.25) is 4.79 Å². The largest absolute Gasteiger partial charge is 0.486 e. The van der Waals surface area contributed by atoms with E-state index in [1.54, 1.807) is 18.2 Å². The van der Waals surface area contributed by atoms with Crippen LogP contribution in [-0.2, 0) is 4.79 Å². The quantitative estimate of drug-likeness (QED) is 0.903. The van der Waals surface area contributed by atoms with E-state index in [-0.39, 0.29) is 5.78 Å². The number of carboxylic acid groups (broad SMARTS) is 1. The Morgan fingerprint density at radius 1 is 1.48 bits per heavy atom. The van der Waals surface area contributed by atoms with Crippen molar-refractivity contribution in [2.75, 3.05) is 0 Å². The van der Waals surface area contributed by atoms with Crippen molar-refractivity contribution in [3.8, 4) is 11.5 Å². The normalized spacial score (nSPS) is 17.6. The molecule has 2 rings (SSSR count). The molecule has 0 saturated carbocycles. The molecule has 114 valence electrons. The molecule has 0 aliphatic carbocycles. The van der Waals surface area contributed by atoms with Crippen molar-refractivity contribution in [1.29, 1.82) is 0 Å². The molecule has 1 N–H and O–H groups in total. The number of ketones is 1. The van der Waals surface area contributed by atoms with E-state index in [1.807, 2.05) is 20.8 Å². The topological polar surface area (TPSA) is 72.8 Å². The number of carboxylic acids is 1. The molecule has 0 spiro atoms. The SMILES string of the molecule is CCCC(Oc1ccc2c(c1)OC(C)(C)CC2=O)C(=O)O. The second-order valence-electron chi connectivity index (χ2n) is 5.85. The molecule has 0 amide bonds. The van der Waals surface area contributed by atoms with Crippen LogP contribution >= 0.6 is 0 Å². The average Bonchev–Trinajstić information content (AvgIpc) is 2.36. The monoisotopic (exact) mass is 292 g/mol. The molecule has 1 atom stereocenters. The van der Waals surface area contributed by atoms with Crippen molar-refractivity contribution in [3.05, 3.63) is 23.8 Å². The summed E-state index contributed by atoms with van der Waals surface area (Å²) in [5, 5.41) is 9.12. The molecule has 1 aliphatic rings. The molecule has 0 radical (unpaired) electrons. The molecule has 1 aliphatic heterocycles. The van der Waals surface area contributed by atoms with E-state index in [4.69, 9.17) is 14.6 Å². The molecule has 0 saturated heterocycles. The van der Waals surface area contributed by atoms with Gasteiger partial charge in [-0.1, -0.05) is 13.3 Å². The molecule has 0 fully saturated rings. The van der Waals surface area contributed by atoms with Crippen LogP contribution < -0.4 is 9.47 Å². The first-order valence-electron chi connectivity index (χ1n) is 7.08. The first-order valence-corrected chi connectivity index (χ1v) is 7.08. The second-order valence-corrected chi connectivity index (χ2v) is 5.85. The minimum atomic E-state index is -0.994. The maximum Gasteiger partial charge on any atom is 0.344 e. The third-order valence-electron chi connectivity index (χ3n) is 3.33. The summed E-state index contributed by atoms with van der Waals surface area (Å²) in [5.74, 6) is -0.113.